The first kappa shape index (κ1) is 23.6. The van der Waals surface area contributed by atoms with Gasteiger partial charge < -0.3 is 9.62 Å². The Balaban J connectivity index is 1.28. The van der Waals surface area contributed by atoms with Crippen LogP contribution in [0.3, 0.4) is 0 Å². The molecule has 0 unspecified atom stereocenters. The molecule has 0 saturated heterocycles. The Morgan fingerprint density at radius 3 is 1.06 bits per heavy atom. The van der Waals surface area contributed by atoms with Gasteiger partial charge in [0.05, 0.1) is 0 Å². The first-order chi connectivity index (χ1) is 23.4. The zero-order valence-corrected chi connectivity index (χ0v) is 25.4. The van der Waals surface area contributed by atoms with Gasteiger partial charge in [0.15, 0.2) is 0 Å². The Morgan fingerprint density at radius 2 is 0.638 bits per heavy atom. The van der Waals surface area contributed by atoms with Crippen molar-refractivity contribution in [1.82, 2.24) is 0 Å². The second kappa shape index (κ2) is 7.82. The molecule has 0 amide bonds. The van der Waals surface area contributed by atoms with Crippen LogP contribution in [0, 0.1) is 0 Å². The van der Waals surface area contributed by atoms with Crippen molar-refractivity contribution in [2.24, 2.45) is 0 Å². The number of para-hydroxylation sites is 2. The van der Waals surface area contributed by atoms with Crippen molar-refractivity contribution in [3.63, 3.8) is 0 Å². The van der Waals surface area contributed by atoms with E-state index >= 15 is 0 Å². The molecule has 2 nitrogen and oxygen atoms in total. The fourth-order valence-electron chi connectivity index (χ4n) is 10.5. The van der Waals surface area contributed by atoms with Crippen LogP contribution in [0.25, 0.3) is 44.5 Å². The van der Waals surface area contributed by atoms with Gasteiger partial charge in [-0.1, -0.05) is 133 Å². The summed E-state index contributed by atoms with van der Waals surface area (Å²) in [4.78, 5) is 5.50. The Hall–Kier alpha value is -5.67. The van der Waals surface area contributed by atoms with Crippen LogP contribution in [-0.2, 0) is 0 Å². The second-order valence-corrected chi connectivity index (χ2v) is 13.9. The SMILES string of the molecule is c1ccc2c(c1)B1c3ccccc3-c3cc4c5c6c3N1c1c(cccc1-2)B6c1cccc2c1N5B(c1ccccc1-2)c1ccccc1-4. The van der Waals surface area contributed by atoms with Crippen molar-refractivity contribution in [1.29, 1.82) is 0 Å². The van der Waals surface area contributed by atoms with Crippen LogP contribution in [0.2, 0.25) is 0 Å². The predicted octanol–water partition coefficient (Wildman–Crippen LogP) is 4.64. The highest BCUT2D eigenvalue weighted by molar-refractivity contribution is 7.05. The molecule has 47 heavy (non-hydrogen) atoms. The van der Waals surface area contributed by atoms with Gasteiger partial charge in [0, 0.05) is 45.0 Å². The Morgan fingerprint density at radius 1 is 0.298 bits per heavy atom. The summed E-state index contributed by atoms with van der Waals surface area (Å²) in [5, 5.41) is 0. The molecule has 0 atom stereocenters. The molecule has 7 aromatic carbocycles. The minimum absolute atomic E-state index is 0.125. The Bertz CT molecular complexity index is 2470. The summed E-state index contributed by atoms with van der Waals surface area (Å²) in [7, 11) is 0. The lowest BCUT2D eigenvalue weighted by molar-refractivity contribution is 1.31. The van der Waals surface area contributed by atoms with E-state index in [1.165, 1.54) is 105 Å². The third-order valence-corrected chi connectivity index (χ3v) is 12.0. The zero-order chi connectivity index (χ0) is 30.1. The standard InChI is InChI=1S/C42H23B3N2/c1-5-17-32-24(11-1)28-15-9-21-36-39(28)46-41-30(26-13-3-7-19-34(26)44(32)46)23-31-27-14-4-8-20-35(27)45-33-18-6-2-12-25(33)29-16-10-22-37-40(29)47(45)42(31)38(41)43(36)37/h1-23H. The molecular formula is C42H23B3N2. The average Bonchev–Trinajstić information content (AvgIpc) is 3.14. The van der Waals surface area contributed by atoms with E-state index in [4.69, 9.17) is 0 Å². The minimum Gasteiger partial charge on any atom is -0.377 e. The van der Waals surface area contributed by atoms with Gasteiger partial charge in [0.25, 0.3) is 6.71 Å². The van der Waals surface area contributed by atoms with E-state index in [1.807, 2.05) is 0 Å². The summed E-state index contributed by atoms with van der Waals surface area (Å²) in [6.07, 6.45) is 0. The van der Waals surface area contributed by atoms with Gasteiger partial charge in [0.1, 0.15) is 0 Å². The van der Waals surface area contributed by atoms with Gasteiger partial charge in [-0.15, -0.1) is 0 Å². The molecule has 0 N–H and O–H groups in total. The van der Waals surface area contributed by atoms with Crippen LogP contribution in [0.5, 0.6) is 0 Å². The third-order valence-electron chi connectivity index (χ3n) is 12.0. The van der Waals surface area contributed by atoms with Crippen molar-refractivity contribution in [3.8, 4) is 44.5 Å². The van der Waals surface area contributed by atoms with Crippen molar-refractivity contribution < 1.29 is 0 Å². The molecule has 0 aromatic heterocycles. The second-order valence-electron chi connectivity index (χ2n) is 13.9. The fourth-order valence-corrected chi connectivity index (χ4v) is 10.5. The van der Waals surface area contributed by atoms with Gasteiger partial charge in [-0.2, -0.15) is 0 Å². The van der Waals surface area contributed by atoms with Crippen molar-refractivity contribution in [3.05, 3.63) is 140 Å². The maximum atomic E-state index is 2.75. The minimum atomic E-state index is 0.125. The van der Waals surface area contributed by atoms with Crippen LogP contribution in [0.1, 0.15) is 0 Å². The van der Waals surface area contributed by atoms with E-state index in [2.05, 4.69) is 149 Å². The summed E-state index contributed by atoms with van der Waals surface area (Å²) in [5.74, 6) is 0. The molecule has 0 radical (unpaired) electrons. The molecule has 0 fully saturated rings. The maximum absolute atomic E-state index is 2.75. The van der Waals surface area contributed by atoms with Gasteiger partial charge >= 0.3 is 13.7 Å². The van der Waals surface area contributed by atoms with E-state index < -0.39 is 0 Å². The Kier molecular flexibility index (Phi) is 3.93. The van der Waals surface area contributed by atoms with Gasteiger partial charge in [-0.05, 0) is 66.6 Å². The number of nitrogens with zero attached hydrogens (tertiary/aromatic N) is 2. The Labute approximate surface area is 274 Å². The van der Waals surface area contributed by atoms with E-state index in [9.17, 15) is 0 Å². The normalized spacial score (nSPS) is 15.0. The van der Waals surface area contributed by atoms with Crippen LogP contribution < -0.4 is 47.9 Å². The summed E-state index contributed by atoms with van der Waals surface area (Å²) in [6.45, 7) is 0.393. The molecular weight excluding hydrogens is 565 g/mol. The fraction of sp³-hybridized carbons (Fsp3) is 0. The smallest absolute Gasteiger partial charge is 0.329 e. The highest BCUT2D eigenvalue weighted by Crippen LogP contribution is 2.54. The number of anilines is 4. The molecule has 6 aliphatic rings. The molecule has 6 aliphatic heterocycles. The van der Waals surface area contributed by atoms with Gasteiger partial charge in [0.2, 0.25) is 0 Å². The lowest BCUT2D eigenvalue weighted by Gasteiger charge is -2.55. The summed E-state index contributed by atoms with van der Waals surface area (Å²) < 4.78 is 0. The summed E-state index contributed by atoms with van der Waals surface area (Å²) in [5.41, 5.74) is 26.4. The average molecular weight is 588 g/mol. The van der Waals surface area contributed by atoms with Crippen LogP contribution in [-0.4, -0.2) is 20.4 Å². The molecule has 210 valence electrons. The first-order valence-corrected chi connectivity index (χ1v) is 16.8. The number of benzene rings is 7. The highest BCUT2D eigenvalue weighted by Gasteiger charge is 2.55. The summed E-state index contributed by atoms with van der Waals surface area (Å²) >= 11 is 0. The van der Waals surface area contributed by atoms with E-state index in [1.54, 1.807) is 0 Å². The molecule has 7 aromatic rings. The van der Waals surface area contributed by atoms with Crippen LogP contribution in [0.15, 0.2) is 140 Å². The first-order valence-electron chi connectivity index (χ1n) is 16.8. The molecule has 6 heterocycles. The largest absolute Gasteiger partial charge is 0.377 e. The quantitative estimate of drug-likeness (QED) is 0.239. The number of hydrogen-bond acceptors (Lipinski definition) is 2. The van der Waals surface area contributed by atoms with Crippen LogP contribution in [0.4, 0.5) is 22.7 Å². The molecule has 13 rings (SSSR count). The number of rotatable bonds is 0. The lowest BCUT2D eigenvalue weighted by atomic mass is 9.28. The molecule has 0 bridgehead atoms. The van der Waals surface area contributed by atoms with E-state index in [0.717, 1.165) is 0 Å². The maximum Gasteiger partial charge on any atom is 0.329 e. The monoisotopic (exact) mass is 588 g/mol. The highest BCUT2D eigenvalue weighted by atomic mass is 15.1. The molecule has 0 spiro atoms. The molecule has 5 heteroatoms. The van der Waals surface area contributed by atoms with Gasteiger partial charge in [-0.25, -0.2) is 0 Å². The topological polar surface area (TPSA) is 6.48 Å². The lowest BCUT2D eigenvalue weighted by Crippen LogP contribution is -2.72. The summed E-state index contributed by atoms with van der Waals surface area (Å²) in [6, 6.07) is 53.4. The van der Waals surface area contributed by atoms with Crippen molar-refractivity contribution in [2.45, 2.75) is 0 Å². The van der Waals surface area contributed by atoms with E-state index in [0.29, 0.717) is 0 Å². The van der Waals surface area contributed by atoms with E-state index in [-0.39, 0.29) is 20.4 Å². The van der Waals surface area contributed by atoms with Crippen LogP contribution >= 0.6 is 0 Å². The predicted molar refractivity (Wildman–Crippen MR) is 200 cm³/mol. The van der Waals surface area contributed by atoms with Gasteiger partial charge in [-0.3, -0.25) is 0 Å². The number of fused-ring (bicyclic) bond motifs is 14. The van der Waals surface area contributed by atoms with Crippen molar-refractivity contribution >= 4 is 81.4 Å². The third kappa shape index (κ3) is 2.49. The molecule has 0 aliphatic carbocycles. The van der Waals surface area contributed by atoms with Crippen molar-refractivity contribution in [2.75, 3.05) is 9.62 Å². The molecule has 0 saturated carbocycles. The number of hydrogen-bond donors (Lipinski definition) is 0. The zero-order valence-electron chi connectivity index (χ0n) is 25.4.